The summed E-state index contributed by atoms with van der Waals surface area (Å²) in [7, 11) is 0. The van der Waals surface area contributed by atoms with Crippen molar-refractivity contribution in [1.82, 2.24) is 8.75 Å². The zero-order valence-corrected chi connectivity index (χ0v) is 7.92. The molecular weight excluding hydrogens is 188 g/mol. The van der Waals surface area contributed by atoms with Crippen LogP contribution in [0.2, 0.25) is 0 Å². The summed E-state index contributed by atoms with van der Waals surface area (Å²) in [4.78, 5) is 10.9. The maximum absolute atomic E-state index is 10.9. The van der Waals surface area contributed by atoms with Gasteiger partial charge in [-0.1, -0.05) is 0 Å². The van der Waals surface area contributed by atoms with Crippen molar-refractivity contribution in [3.8, 4) is 0 Å². The van der Waals surface area contributed by atoms with E-state index in [2.05, 4.69) is 8.75 Å². The maximum Gasteiger partial charge on any atom is 0.152 e. The van der Waals surface area contributed by atoms with E-state index >= 15 is 0 Å². The van der Waals surface area contributed by atoms with Gasteiger partial charge in [-0.2, -0.15) is 8.75 Å². The summed E-state index contributed by atoms with van der Waals surface area (Å²) in [5, 5.41) is 0. The molecule has 0 amide bonds. The molecule has 13 heavy (non-hydrogen) atoms. The third kappa shape index (κ3) is 1.76. The standard InChI is InChI=1S/C8H10N2O2S/c11-6-8(2-1-3-12-8)4-7-5-9-13-10-7/h5-6H,1-4H2. The molecule has 1 aliphatic rings. The van der Waals surface area contributed by atoms with E-state index in [1.807, 2.05) is 0 Å². The summed E-state index contributed by atoms with van der Waals surface area (Å²) < 4.78 is 13.4. The van der Waals surface area contributed by atoms with Crippen LogP contribution in [0, 0.1) is 0 Å². The zero-order valence-electron chi connectivity index (χ0n) is 7.10. The van der Waals surface area contributed by atoms with Crippen molar-refractivity contribution in [3.63, 3.8) is 0 Å². The molecule has 2 heterocycles. The number of aromatic nitrogens is 2. The van der Waals surface area contributed by atoms with Crippen molar-refractivity contribution in [1.29, 1.82) is 0 Å². The summed E-state index contributed by atoms with van der Waals surface area (Å²) >= 11 is 1.16. The Morgan fingerprint density at radius 1 is 1.77 bits per heavy atom. The molecule has 2 rings (SSSR count). The second-order valence-corrected chi connectivity index (χ2v) is 3.77. The van der Waals surface area contributed by atoms with Crippen molar-refractivity contribution in [2.45, 2.75) is 24.9 Å². The van der Waals surface area contributed by atoms with Gasteiger partial charge in [-0.05, 0) is 12.8 Å². The molecule has 1 aromatic heterocycles. The summed E-state index contributed by atoms with van der Waals surface area (Å²) in [5.41, 5.74) is 0.231. The first-order valence-corrected chi connectivity index (χ1v) is 4.94. The highest BCUT2D eigenvalue weighted by atomic mass is 32.1. The molecule has 0 bridgehead atoms. The SMILES string of the molecule is O=CC1(Cc2cnsn2)CCCO1. The highest BCUT2D eigenvalue weighted by molar-refractivity contribution is 6.99. The molecule has 0 N–H and O–H groups in total. The van der Waals surface area contributed by atoms with E-state index in [0.29, 0.717) is 13.0 Å². The number of carbonyl (C=O) groups is 1. The first-order valence-electron chi connectivity index (χ1n) is 4.21. The quantitative estimate of drug-likeness (QED) is 0.675. The van der Waals surface area contributed by atoms with Crippen molar-refractivity contribution in [2.24, 2.45) is 0 Å². The van der Waals surface area contributed by atoms with Crippen molar-refractivity contribution in [3.05, 3.63) is 11.9 Å². The van der Waals surface area contributed by atoms with Gasteiger partial charge in [0.1, 0.15) is 5.60 Å². The molecule has 5 heteroatoms. The molecule has 4 nitrogen and oxygen atoms in total. The van der Waals surface area contributed by atoms with Crippen molar-refractivity contribution in [2.75, 3.05) is 6.61 Å². The van der Waals surface area contributed by atoms with Crippen LogP contribution >= 0.6 is 11.7 Å². The van der Waals surface area contributed by atoms with Gasteiger partial charge < -0.3 is 9.53 Å². The Labute approximate surface area is 80.3 Å². The minimum Gasteiger partial charge on any atom is -0.367 e. The Morgan fingerprint density at radius 2 is 2.69 bits per heavy atom. The zero-order chi connectivity index (χ0) is 9.15. The normalized spacial score (nSPS) is 27.7. The number of aldehydes is 1. The van der Waals surface area contributed by atoms with Crippen LogP contribution < -0.4 is 0 Å². The maximum atomic E-state index is 10.9. The third-order valence-corrected chi connectivity index (χ3v) is 2.75. The molecule has 1 unspecified atom stereocenters. The number of nitrogens with zero attached hydrogens (tertiary/aromatic N) is 2. The highest BCUT2D eigenvalue weighted by Gasteiger charge is 2.35. The number of carbonyl (C=O) groups excluding carboxylic acids is 1. The second kappa shape index (κ2) is 3.51. The van der Waals surface area contributed by atoms with E-state index in [9.17, 15) is 4.79 Å². The summed E-state index contributed by atoms with van der Waals surface area (Å²) in [6.45, 7) is 0.677. The molecule has 1 saturated heterocycles. The molecular formula is C8H10N2O2S. The number of rotatable bonds is 3. The lowest BCUT2D eigenvalue weighted by atomic mass is 9.96. The molecule has 0 aromatic carbocycles. The lowest BCUT2D eigenvalue weighted by Crippen LogP contribution is -2.32. The predicted molar refractivity (Wildman–Crippen MR) is 47.6 cm³/mol. The van der Waals surface area contributed by atoms with Gasteiger partial charge in [-0.15, -0.1) is 0 Å². The van der Waals surface area contributed by atoms with E-state index in [4.69, 9.17) is 4.74 Å². The summed E-state index contributed by atoms with van der Waals surface area (Å²) in [5.74, 6) is 0. The van der Waals surface area contributed by atoms with Gasteiger partial charge in [0, 0.05) is 13.0 Å². The molecule has 1 aliphatic heterocycles. The summed E-state index contributed by atoms with van der Waals surface area (Å²) in [6.07, 6.45) is 4.91. The average Bonchev–Trinajstić information content (AvgIpc) is 2.77. The van der Waals surface area contributed by atoms with Crippen LogP contribution in [0.3, 0.4) is 0 Å². The Morgan fingerprint density at radius 3 is 3.23 bits per heavy atom. The fourth-order valence-electron chi connectivity index (χ4n) is 1.56. The van der Waals surface area contributed by atoms with Gasteiger partial charge in [0.05, 0.1) is 23.6 Å². The topological polar surface area (TPSA) is 52.1 Å². The van der Waals surface area contributed by atoms with Crippen LogP contribution in [-0.2, 0) is 16.0 Å². The van der Waals surface area contributed by atoms with Crippen LogP contribution in [0.4, 0.5) is 0 Å². The van der Waals surface area contributed by atoms with Crippen LogP contribution in [0.5, 0.6) is 0 Å². The molecule has 1 aromatic rings. The predicted octanol–water partition coefficient (Wildman–Crippen LogP) is 0.829. The van der Waals surface area contributed by atoms with Crippen LogP contribution in [0.15, 0.2) is 6.20 Å². The summed E-state index contributed by atoms with van der Waals surface area (Å²) in [6, 6.07) is 0. The van der Waals surface area contributed by atoms with Crippen LogP contribution in [0.25, 0.3) is 0 Å². The Balaban J connectivity index is 2.10. The van der Waals surface area contributed by atoms with E-state index < -0.39 is 5.60 Å². The van der Waals surface area contributed by atoms with Gasteiger partial charge in [-0.25, -0.2) is 0 Å². The van der Waals surface area contributed by atoms with E-state index in [0.717, 1.165) is 36.5 Å². The molecule has 70 valence electrons. The largest absolute Gasteiger partial charge is 0.367 e. The Hall–Kier alpha value is -0.810. The molecule has 0 spiro atoms. The molecule has 0 saturated carbocycles. The van der Waals surface area contributed by atoms with E-state index in [1.54, 1.807) is 6.20 Å². The van der Waals surface area contributed by atoms with Crippen LogP contribution in [0.1, 0.15) is 18.5 Å². The van der Waals surface area contributed by atoms with E-state index in [-0.39, 0.29) is 0 Å². The van der Waals surface area contributed by atoms with Gasteiger partial charge >= 0.3 is 0 Å². The fourth-order valence-corrected chi connectivity index (χ4v) is 1.99. The first kappa shape index (κ1) is 8.77. The third-order valence-electron chi connectivity index (χ3n) is 2.24. The Kier molecular flexibility index (Phi) is 2.37. The molecule has 0 radical (unpaired) electrons. The minimum atomic E-state index is -0.615. The first-order chi connectivity index (χ1) is 6.35. The molecule has 0 aliphatic carbocycles. The van der Waals surface area contributed by atoms with Gasteiger partial charge in [0.25, 0.3) is 0 Å². The monoisotopic (exact) mass is 198 g/mol. The van der Waals surface area contributed by atoms with Crippen molar-refractivity contribution >= 4 is 18.0 Å². The molecule has 1 atom stereocenters. The fraction of sp³-hybridized carbons (Fsp3) is 0.625. The highest BCUT2D eigenvalue weighted by Crippen LogP contribution is 2.26. The van der Waals surface area contributed by atoms with Crippen LogP contribution in [-0.4, -0.2) is 27.2 Å². The Bertz CT molecular complexity index is 280. The van der Waals surface area contributed by atoms with Gasteiger partial charge in [-0.3, -0.25) is 0 Å². The number of hydrogen-bond donors (Lipinski definition) is 0. The molecule has 1 fully saturated rings. The second-order valence-electron chi connectivity index (χ2n) is 3.21. The van der Waals surface area contributed by atoms with Crippen molar-refractivity contribution < 1.29 is 9.53 Å². The lowest BCUT2D eigenvalue weighted by molar-refractivity contribution is -0.125. The minimum absolute atomic E-state index is 0.562. The van der Waals surface area contributed by atoms with Gasteiger partial charge in [0.15, 0.2) is 6.29 Å². The van der Waals surface area contributed by atoms with Gasteiger partial charge in [0.2, 0.25) is 0 Å². The number of ether oxygens (including phenoxy) is 1. The number of hydrogen-bond acceptors (Lipinski definition) is 5. The lowest BCUT2D eigenvalue weighted by Gasteiger charge is -2.19. The van der Waals surface area contributed by atoms with E-state index in [1.165, 1.54) is 0 Å². The smallest absolute Gasteiger partial charge is 0.152 e. The average molecular weight is 198 g/mol.